The van der Waals surface area contributed by atoms with Gasteiger partial charge in [0.05, 0.1) is 33.8 Å². The Morgan fingerprint density at radius 1 is 1.16 bits per heavy atom. The highest BCUT2D eigenvalue weighted by Gasteiger charge is 2.45. The van der Waals surface area contributed by atoms with Crippen molar-refractivity contribution >= 4 is 62.5 Å². The van der Waals surface area contributed by atoms with E-state index in [1.54, 1.807) is 19.1 Å². The van der Waals surface area contributed by atoms with Gasteiger partial charge < -0.3 is 9.47 Å². The summed E-state index contributed by atoms with van der Waals surface area (Å²) in [5, 5.41) is 0.677. The molecule has 1 aliphatic heterocycles. The van der Waals surface area contributed by atoms with E-state index in [1.807, 2.05) is 0 Å². The van der Waals surface area contributed by atoms with Crippen molar-refractivity contribution in [3.63, 3.8) is 0 Å². The Hall–Kier alpha value is -2.60. The second-order valence-corrected chi connectivity index (χ2v) is 10.6. The predicted molar refractivity (Wildman–Crippen MR) is 143 cm³/mol. The van der Waals surface area contributed by atoms with E-state index in [9.17, 15) is 22.8 Å². The Bertz CT molecular complexity index is 1620. The fraction of sp³-hybridized carbons (Fsp3) is 0.240. The van der Waals surface area contributed by atoms with Crippen molar-refractivity contribution in [2.75, 3.05) is 13.2 Å². The van der Waals surface area contributed by atoms with Gasteiger partial charge in [-0.25, -0.2) is 9.79 Å². The van der Waals surface area contributed by atoms with E-state index in [1.165, 1.54) is 37.3 Å². The lowest BCUT2D eigenvalue weighted by Crippen LogP contribution is -2.41. The van der Waals surface area contributed by atoms with Crippen LogP contribution in [0, 0.1) is 0 Å². The molecule has 0 unspecified atom stereocenters. The fourth-order valence-electron chi connectivity index (χ4n) is 3.93. The first kappa shape index (κ1) is 28.4. The smallest absolute Gasteiger partial charge is 0.434 e. The van der Waals surface area contributed by atoms with E-state index in [-0.39, 0.29) is 21.5 Å². The molecule has 0 bridgehead atoms. The van der Waals surface area contributed by atoms with Gasteiger partial charge in [0.25, 0.3) is 5.56 Å². The Balaban J connectivity index is 2.06. The molecule has 0 amide bonds. The molecule has 2 aromatic carbocycles. The first-order valence-electron chi connectivity index (χ1n) is 11.1. The van der Waals surface area contributed by atoms with E-state index >= 15 is 0 Å². The van der Waals surface area contributed by atoms with Gasteiger partial charge in [-0.1, -0.05) is 46.7 Å². The van der Waals surface area contributed by atoms with Crippen molar-refractivity contribution in [3.8, 4) is 5.75 Å². The second kappa shape index (κ2) is 11.3. The van der Waals surface area contributed by atoms with Gasteiger partial charge in [-0.3, -0.25) is 9.36 Å². The molecule has 0 spiro atoms. The van der Waals surface area contributed by atoms with Crippen LogP contribution in [0.1, 0.15) is 31.0 Å². The van der Waals surface area contributed by atoms with Gasteiger partial charge in [0, 0.05) is 15.6 Å². The van der Waals surface area contributed by atoms with Crippen LogP contribution < -0.4 is 19.6 Å². The number of carbonyl (C=O) groups excluding carboxylic acids is 1. The minimum Gasteiger partial charge on any atom is -0.492 e. The number of alkyl halides is 3. The van der Waals surface area contributed by atoms with Crippen LogP contribution in [0.25, 0.3) is 6.08 Å². The molecule has 1 aliphatic rings. The fourth-order valence-corrected chi connectivity index (χ4v) is 5.99. The first-order chi connectivity index (χ1) is 18.0. The van der Waals surface area contributed by atoms with Gasteiger partial charge in [-0.05, 0) is 65.7 Å². The van der Waals surface area contributed by atoms with Crippen molar-refractivity contribution in [2.24, 2.45) is 4.99 Å². The van der Waals surface area contributed by atoms with Crippen LogP contribution in [0.2, 0.25) is 10.0 Å². The van der Waals surface area contributed by atoms with Crippen LogP contribution >= 0.6 is 50.5 Å². The first-order valence-corrected chi connectivity index (χ1v) is 13.5. The minimum absolute atomic E-state index is 0.0597. The summed E-state index contributed by atoms with van der Waals surface area (Å²) < 4.78 is 54.9. The maximum absolute atomic E-state index is 14.2. The lowest BCUT2D eigenvalue weighted by molar-refractivity contribution is -0.140. The number of hydrogen-bond acceptors (Lipinski definition) is 6. The number of halogens is 6. The SMILES string of the molecule is CCOC(=O)C1=C(C(F)(F)F)N=c2s/c(=C\c3cc(Cl)cc(Br)c3OCC)c(=O)n2[C@@H]1c1ccc(Cl)cc1. The lowest BCUT2D eigenvalue weighted by atomic mass is 9.95. The molecule has 38 heavy (non-hydrogen) atoms. The zero-order valence-electron chi connectivity index (χ0n) is 19.7. The number of ether oxygens (including phenoxy) is 2. The standard InChI is InChI=1S/C25H18BrCl2F3N2O4S/c1-3-36-20-13(9-15(28)11-16(20)26)10-17-22(34)33-19(12-5-7-14(27)8-6-12)18(23(35)37-4-2)21(25(29,30)31)32-24(33)38-17/h5-11,19H,3-4H2,1-2H3/b17-10-/t19-/m1/s1. The summed E-state index contributed by atoms with van der Waals surface area (Å²) in [6.45, 7) is 3.39. The van der Waals surface area contributed by atoms with Crippen molar-refractivity contribution < 1.29 is 27.4 Å². The molecule has 200 valence electrons. The average Bonchev–Trinajstić information content (AvgIpc) is 3.15. The molecule has 13 heteroatoms. The summed E-state index contributed by atoms with van der Waals surface area (Å²) in [4.78, 5) is 30.1. The Morgan fingerprint density at radius 3 is 2.45 bits per heavy atom. The van der Waals surface area contributed by atoms with Gasteiger partial charge in [0.1, 0.15) is 5.75 Å². The lowest BCUT2D eigenvalue weighted by Gasteiger charge is -2.26. The van der Waals surface area contributed by atoms with E-state index in [2.05, 4.69) is 20.9 Å². The van der Waals surface area contributed by atoms with E-state index < -0.39 is 35.0 Å². The highest BCUT2D eigenvalue weighted by Crippen LogP contribution is 2.38. The van der Waals surface area contributed by atoms with Gasteiger partial charge in [0.15, 0.2) is 10.5 Å². The third-order valence-electron chi connectivity index (χ3n) is 5.39. The number of carbonyl (C=O) groups is 1. The molecule has 2 heterocycles. The molecule has 0 fully saturated rings. The number of thiazole rings is 1. The molecule has 3 aromatic rings. The molecule has 1 aromatic heterocycles. The van der Waals surface area contributed by atoms with E-state index in [0.717, 1.165) is 15.9 Å². The molecule has 0 aliphatic carbocycles. The molecular weight excluding hydrogens is 632 g/mol. The summed E-state index contributed by atoms with van der Waals surface area (Å²) in [6.07, 6.45) is -3.53. The predicted octanol–water partition coefficient (Wildman–Crippen LogP) is 5.81. The Kier molecular flexibility index (Phi) is 8.41. The Labute approximate surface area is 236 Å². The van der Waals surface area contributed by atoms with Crippen LogP contribution in [-0.2, 0) is 9.53 Å². The second-order valence-electron chi connectivity index (χ2n) is 7.85. The molecular formula is C25H18BrCl2F3N2O4S. The zero-order valence-corrected chi connectivity index (χ0v) is 23.7. The number of fused-ring (bicyclic) bond motifs is 1. The van der Waals surface area contributed by atoms with Gasteiger partial charge in [-0.15, -0.1) is 0 Å². The van der Waals surface area contributed by atoms with Crippen molar-refractivity contribution in [1.82, 2.24) is 4.57 Å². The maximum Gasteiger partial charge on any atom is 0.434 e. The Morgan fingerprint density at radius 2 is 1.84 bits per heavy atom. The minimum atomic E-state index is -5.00. The number of allylic oxidation sites excluding steroid dienone is 1. The molecule has 0 saturated heterocycles. The molecule has 0 radical (unpaired) electrons. The monoisotopic (exact) mass is 648 g/mol. The van der Waals surface area contributed by atoms with Crippen molar-refractivity contribution in [1.29, 1.82) is 0 Å². The van der Waals surface area contributed by atoms with Gasteiger partial charge in [0.2, 0.25) is 0 Å². The van der Waals surface area contributed by atoms with E-state index in [4.69, 9.17) is 32.7 Å². The molecule has 6 nitrogen and oxygen atoms in total. The zero-order chi connectivity index (χ0) is 27.8. The number of rotatable bonds is 6. The largest absolute Gasteiger partial charge is 0.492 e. The molecule has 4 rings (SSSR count). The average molecular weight is 650 g/mol. The topological polar surface area (TPSA) is 69.9 Å². The normalized spacial score (nSPS) is 15.8. The van der Waals surface area contributed by atoms with Crippen molar-refractivity contribution in [3.05, 3.63) is 93.0 Å². The number of hydrogen-bond donors (Lipinski definition) is 0. The summed E-state index contributed by atoms with van der Waals surface area (Å²) in [7, 11) is 0. The van der Waals surface area contributed by atoms with Crippen LogP contribution in [0.5, 0.6) is 5.75 Å². The van der Waals surface area contributed by atoms with E-state index in [0.29, 0.717) is 32.4 Å². The number of aromatic nitrogens is 1. The third kappa shape index (κ3) is 5.56. The summed E-state index contributed by atoms with van der Waals surface area (Å²) in [5.74, 6) is -0.824. The third-order valence-corrected chi connectivity index (χ3v) is 7.44. The van der Waals surface area contributed by atoms with Crippen LogP contribution in [0.4, 0.5) is 13.2 Å². The molecule has 1 atom stereocenters. The number of esters is 1. The molecule has 0 N–H and O–H groups in total. The number of benzene rings is 2. The van der Waals surface area contributed by atoms with Crippen LogP contribution in [0.3, 0.4) is 0 Å². The van der Waals surface area contributed by atoms with Gasteiger partial charge in [-0.2, -0.15) is 13.2 Å². The number of nitrogens with zero attached hydrogens (tertiary/aromatic N) is 2. The quantitative estimate of drug-likeness (QED) is 0.316. The molecule has 0 saturated carbocycles. The summed E-state index contributed by atoms with van der Waals surface area (Å²) in [5.41, 5.74) is -2.22. The summed E-state index contributed by atoms with van der Waals surface area (Å²) >= 11 is 16.3. The van der Waals surface area contributed by atoms with Crippen LogP contribution in [0.15, 0.2) is 61.9 Å². The van der Waals surface area contributed by atoms with Gasteiger partial charge >= 0.3 is 12.1 Å². The maximum atomic E-state index is 14.2. The highest BCUT2D eigenvalue weighted by atomic mass is 79.9. The van der Waals surface area contributed by atoms with Crippen LogP contribution in [-0.4, -0.2) is 29.9 Å². The highest BCUT2D eigenvalue weighted by molar-refractivity contribution is 9.10. The van der Waals surface area contributed by atoms with Crippen molar-refractivity contribution in [2.45, 2.75) is 26.1 Å². The summed E-state index contributed by atoms with van der Waals surface area (Å²) in [6, 6.07) is 7.54.